The lowest BCUT2D eigenvalue weighted by molar-refractivity contribution is 0.0700. The fourth-order valence-electron chi connectivity index (χ4n) is 1.83. The number of nitrogens with two attached hydrogens (primary N) is 1. The van der Waals surface area contributed by atoms with Gasteiger partial charge in [0.15, 0.2) is 5.13 Å². The molecule has 2 rings (SSSR count). The maximum Gasteiger partial charge on any atom is 0.347 e. The van der Waals surface area contributed by atoms with E-state index in [2.05, 4.69) is 10.3 Å². The van der Waals surface area contributed by atoms with Crippen molar-refractivity contribution in [2.24, 2.45) is 5.14 Å². The number of carboxylic acids is 1. The lowest BCUT2D eigenvalue weighted by Gasteiger charge is -2.03. The molecule has 0 spiro atoms. The van der Waals surface area contributed by atoms with Crippen molar-refractivity contribution in [1.29, 1.82) is 0 Å². The maximum atomic E-state index is 11.2. The number of aromatic carboxylic acids is 1. The summed E-state index contributed by atoms with van der Waals surface area (Å²) >= 11 is 1.05. The molecule has 0 atom stereocenters. The second kappa shape index (κ2) is 6.42. The van der Waals surface area contributed by atoms with Crippen LogP contribution in [-0.4, -0.2) is 24.5 Å². The van der Waals surface area contributed by atoms with Crippen LogP contribution in [-0.2, 0) is 16.4 Å². The molecule has 0 aliphatic carbocycles. The number of nitrogens with zero attached hydrogens (tertiary/aromatic N) is 1. The number of sulfonamides is 1. The van der Waals surface area contributed by atoms with Crippen LogP contribution >= 0.6 is 11.3 Å². The molecular formula is C13H15N3O4S2. The third-order valence-electron chi connectivity index (χ3n) is 2.81. The molecule has 0 saturated carbocycles. The summed E-state index contributed by atoms with van der Waals surface area (Å²) < 4.78 is 22.4. The fraction of sp³-hybridized carbons (Fsp3) is 0.231. The summed E-state index contributed by atoms with van der Waals surface area (Å²) in [6.07, 6.45) is 1.39. The summed E-state index contributed by atoms with van der Waals surface area (Å²) in [5.41, 5.74) is 1.14. The molecule has 0 aliphatic heterocycles. The Labute approximate surface area is 131 Å². The van der Waals surface area contributed by atoms with Gasteiger partial charge in [0.05, 0.1) is 10.6 Å². The van der Waals surface area contributed by atoms with E-state index in [1.807, 2.05) is 6.92 Å². The molecular weight excluding hydrogens is 326 g/mol. The van der Waals surface area contributed by atoms with Gasteiger partial charge >= 0.3 is 5.97 Å². The molecule has 22 heavy (non-hydrogen) atoms. The molecule has 0 amide bonds. The number of benzene rings is 1. The number of aryl methyl sites for hydroxylation is 1. The van der Waals surface area contributed by atoms with Crippen molar-refractivity contribution in [3.63, 3.8) is 0 Å². The van der Waals surface area contributed by atoms with E-state index in [0.29, 0.717) is 22.9 Å². The zero-order valence-electron chi connectivity index (χ0n) is 11.7. The van der Waals surface area contributed by atoms with Gasteiger partial charge in [-0.25, -0.2) is 23.3 Å². The SMILES string of the molecule is CCCc1nc(Nc2ccc(S(N)(=O)=O)cc2)sc1C(=O)O. The van der Waals surface area contributed by atoms with Crippen LogP contribution in [0.5, 0.6) is 0 Å². The van der Waals surface area contributed by atoms with Gasteiger partial charge in [-0.3, -0.25) is 0 Å². The molecule has 0 fully saturated rings. The van der Waals surface area contributed by atoms with Crippen molar-refractivity contribution in [3.8, 4) is 0 Å². The smallest absolute Gasteiger partial charge is 0.347 e. The number of hydrogen-bond acceptors (Lipinski definition) is 6. The van der Waals surface area contributed by atoms with Gasteiger partial charge in [-0.1, -0.05) is 24.7 Å². The first-order chi connectivity index (χ1) is 10.3. The minimum atomic E-state index is -3.73. The highest BCUT2D eigenvalue weighted by atomic mass is 32.2. The summed E-state index contributed by atoms with van der Waals surface area (Å²) in [5.74, 6) is -1.00. The first-order valence-electron chi connectivity index (χ1n) is 6.44. The highest BCUT2D eigenvalue weighted by molar-refractivity contribution is 7.89. The van der Waals surface area contributed by atoms with Crippen LogP contribution in [0.1, 0.15) is 28.7 Å². The molecule has 0 aliphatic rings. The predicted octanol–water partition coefficient (Wildman–Crippen LogP) is 2.18. The average molecular weight is 341 g/mol. The van der Waals surface area contributed by atoms with Crippen molar-refractivity contribution >= 4 is 38.1 Å². The van der Waals surface area contributed by atoms with Crippen LogP contribution in [0.15, 0.2) is 29.2 Å². The van der Waals surface area contributed by atoms with Gasteiger partial charge in [0.25, 0.3) is 0 Å². The summed E-state index contributed by atoms with van der Waals surface area (Å²) in [5, 5.41) is 17.6. The predicted molar refractivity (Wildman–Crippen MR) is 84.2 cm³/mol. The topological polar surface area (TPSA) is 122 Å². The Morgan fingerprint density at radius 3 is 2.50 bits per heavy atom. The molecule has 1 aromatic carbocycles. The normalized spacial score (nSPS) is 11.4. The molecule has 0 unspecified atom stereocenters. The van der Waals surface area contributed by atoms with Gasteiger partial charge in [0.1, 0.15) is 4.88 Å². The van der Waals surface area contributed by atoms with E-state index < -0.39 is 16.0 Å². The Morgan fingerprint density at radius 1 is 1.36 bits per heavy atom. The number of thiazole rings is 1. The van der Waals surface area contributed by atoms with E-state index in [4.69, 9.17) is 10.2 Å². The standard InChI is InChI=1S/C13H15N3O4S2/c1-2-3-10-11(12(17)18)21-13(16-10)15-8-4-6-9(7-5-8)22(14,19)20/h4-7H,2-3H2,1H3,(H,15,16)(H,17,18)(H2,14,19,20). The van der Waals surface area contributed by atoms with Gasteiger partial charge in [-0.05, 0) is 30.7 Å². The largest absolute Gasteiger partial charge is 0.477 e. The summed E-state index contributed by atoms with van der Waals surface area (Å²) in [6, 6.07) is 5.83. The Kier molecular flexibility index (Phi) is 4.79. The van der Waals surface area contributed by atoms with Crippen LogP contribution in [0.3, 0.4) is 0 Å². The molecule has 1 heterocycles. The molecule has 9 heteroatoms. The average Bonchev–Trinajstić information content (AvgIpc) is 2.82. The number of primary sulfonamides is 1. The van der Waals surface area contributed by atoms with Crippen LogP contribution in [0.2, 0.25) is 0 Å². The maximum absolute atomic E-state index is 11.2. The first-order valence-corrected chi connectivity index (χ1v) is 8.80. The zero-order chi connectivity index (χ0) is 16.3. The Bertz CT molecular complexity index is 782. The molecule has 0 saturated heterocycles. The van der Waals surface area contributed by atoms with E-state index in [1.54, 1.807) is 12.1 Å². The van der Waals surface area contributed by atoms with Crippen LogP contribution in [0.4, 0.5) is 10.8 Å². The van der Waals surface area contributed by atoms with Crippen molar-refractivity contribution in [2.45, 2.75) is 24.7 Å². The molecule has 2 aromatic rings. The summed E-state index contributed by atoms with van der Waals surface area (Å²) in [7, 11) is -3.73. The monoisotopic (exact) mass is 341 g/mol. The van der Waals surface area contributed by atoms with Gasteiger partial charge in [0, 0.05) is 5.69 Å². The third kappa shape index (κ3) is 3.81. The second-order valence-electron chi connectivity index (χ2n) is 4.54. The lowest BCUT2D eigenvalue weighted by atomic mass is 10.2. The van der Waals surface area contributed by atoms with E-state index in [-0.39, 0.29) is 9.77 Å². The molecule has 7 nitrogen and oxygen atoms in total. The number of carbonyl (C=O) groups is 1. The van der Waals surface area contributed by atoms with Gasteiger partial charge in [-0.15, -0.1) is 0 Å². The summed E-state index contributed by atoms with van der Waals surface area (Å²) in [4.78, 5) is 15.7. The number of aromatic nitrogens is 1. The first kappa shape index (κ1) is 16.4. The number of nitrogens with one attached hydrogen (secondary N) is 1. The molecule has 0 bridgehead atoms. The molecule has 4 N–H and O–H groups in total. The van der Waals surface area contributed by atoms with Crippen molar-refractivity contribution in [2.75, 3.05) is 5.32 Å². The molecule has 0 radical (unpaired) electrons. The number of carboxylic acid groups (broad SMARTS) is 1. The number of rotatable bonds is 6. The van der Waals surface area contributed by atoms with E-state index in [0.717, 1.165) is 17.8 Å². The van der Waals surface area contributed by atoms with Gasteiger partial charge < -0.3 is 10.4 Å². The summed E-state index contributed by atoms with van der Waals surface area (Å²) in [6.45, 7) is 1.95. The Morgan fingerprint density at radius 2 is 2.00 bits per heavy atom. The van der Waals surface area contributed by atoms with Crippen molar-refractivity contribution < 1.29 is 18.3 Å². The van der Waals surface area contributed by atoms with Crippen molar-refractivity contribution in [3.05, 3.63) is 34.8 Å². The molecule has 118 valence electrons. The highest BCUT2D eigenvalue weighted by Gasteiger charge is 2.16. The number of hydrogen-bond donors (Lipinski definition) is 3. The highest BCUT2D eigenvalue weighted by Crippen LogP contribution is 2.27. The van der Waals surface area contributed by atoms with E-state index >= 15 is 0 Å². The minimum absolute atomic E-state index is 0.00934. The van der Waals surface area contributed by atoms with Gasteiger partial charge in [-0.2, -0.15) is 0 Å². The Balaban J connectivity index is 2.24. The van der Waals surface area contributed by atoms with Crippen molar-refractivity contribution in [1.82, 2.24) is 4.98 Å². The fourth-order valence-corrected chi connectivity index (χ4v) is 3.22. The van der Waals surface area contributed by atoms with Gasteiger partial charge in [0.2, 0.25) is 10.0 Å². The minimum Gasteiger partial charge on any atom is -0.477 e. The van der Waals surface area contributed by atoms with E-state index in [9.17, 15) is 13.2 Å². The van der Waals surface area contributed by atoms with Crippen LogP contribution in [0.25, 0.3) is 0 Å². The van der Waals surface area contributed by atoms with Crippen LogP contribution < -0.4 is 10.5 Å². The molecule has 1 aromatic heterocycles. The second-order valence-corrected chi connectivity index (χ2v) is 7.10. The number of anilines is 2. The zero-order valence-corrected chi connectivity index (χ0v) is 13.4. The van der Waals surface area contributed by atoms with E-state index in [1.165, 1.54) is 12.1 Å². The Hall–Kier alpha value is -1.97. The third-order valence-corrected chi connectivity index (χ3v) is 4.74. The lowest BCUT2D eigenvalue weighted by Crippen LogP contribution is -2.11. The van der Waals surface area contributed by atoms with Crippen LogP contribution in [0, 0.1) is 0 Å². The quantitative estimate of drug-likeness (QED) is 0.740.